The number of hydrogen-bond donors (Lipinski definition) is 0. The van der Waals surface area contributed by atoms with E-state index in [-0.39, 0.29) is 0 Å². The van der Waals surface area contributed by atoms with Gasteiger partial charge in [-0.25, -0.2) is 0 Å². The molecule has 120 valence electrons. The fraction of sp³-hybridized carbons (Fsp3) is 0. The van der Waals surface area contributed by atoms with Crippen LogP contribution in [0.1, 0.15) is 10.4 Å². The van der Waals surface area contributed by atoms with Gasteiger partial charge in [0.2, 0.25) is 0 Å². The van der Waals surface area contributed by atoms with Crippen LogP contribution in [0.2, 0.25) is 0 Å². The first-order chi connectivity index (χ1) is 12.4. The third-order valence-electron chi connectivity index (χ3n) is 4.19. The van der Waals surface area contributed by atoms with Crippen LogP contribution in [0.25, 0.3) is 34.4 Å². The van der Waals surface area contributed by atoms with Gasteiger partial charge >= 0.3 is 0 Å². The first kappa shape index (κ1) is 15.6. The second-order valence-corrected chi connectivity index (χ2v) is 6.78. The van der Waals surface area contributed by atoms with E-state index in [2.05, 4.69) is 102 Å². The largest absolute Gasteiger partial charge is 0.143 e. The van der Waals surface area contributed by atoms with Gasteiger partial charge in [0, 0.05) is 16.0 Å². The maximum atomic E-state index is 2.27. The third-order valence-corrected chi connectivity index (χ3v) is 5.14. The molecule has 1 heterocycles. The molecule has 0 atom stereocenters. The molecule has 0 saturated carbocycles. The van der Waals surface area contributed by atoms with E-state index < -0.39 is 0 Å². The standard InChI is InChI=1S/C24H18S/c1-4-10-19(11-5-1)16-17-23-24(21-14-8-3-9-15-21)22(18-25-23)20-12-6-2-7-13-20/h1-18H. The van der Waals surface area contributed by atoms with Crippen molar-refractivity contribution in [3.63, 3.8) is 0 Å². The molecule has 1 heteroatoms. The van der Waals surface area contributed by atoms with Gasteiger partial charge in [0.25, 0.3) is 0 Å². The lowest BCUT2D eigenvalue weighted by Crippen LogP contribution is -1.82. The molecule has 3 aromatic carbocycles. The van der Waals surface area contributed by atoms with Crippen LogP contribution < -0.4 is 0 Å². The molecule has 0 spiro atoms. The van der Waals surface area contributed by atoms with Gasteiger partial charge in [0.05, 0.1) is 0 Å². The van der Waals surface area contributed by atoms with Crippen molar-refractivity contribution in [2.24, 2.45) is 0 Å². The van der Waals surface area contributed by atoms with Crippen LogP contribution in [0.5, 0.6) is 0 Å². The maximum absolute atomic E-state index is 2.27. The quantitative estimate of drug-likeness (QED) is 0.367. The van der Waals surface area contributed by atoms with Gasteiger partial charge in [-0.2, -0.15) is 0 Å². The Bertz CT molecular complexity index is 965. The van der Waals surface area contributed by atoms with E-state index in [1.807, 2.05) is 6.07 Å². The molecule has 0 amide bonds. The topological polar surface area (TPSA) is 0 Å². The summed E-state index contributed by atoms with van der Waals surface area (Å²) in [6.45, 7) is 0. The molecule has 0 nitrogen and oxygen atoms in total. The van der Waals surface area contributed by atoms with Crippen molar-refractivity contribution < 1.29 is 0 Å². The van der Waals surface area contributed by atoms with E-state index >= 15 is 0 Å². The minimum absolute atomic E-state index is 1.22. The van der Waals surface area contributed by atoms with Crippen molar-refractivity contribution in [1.29, 1.82) is 0 Å². The summed E-state index contributed by atoms with van der Waals surface area (Å²) < 4.78 is 0. The lowest BCUT2D eigenvalue weighted by molar-refractivity contribution is 1.63. The van der Waals surface area contributed by atoms with Crippen LogP contribution >= 0.6 is 11.3 Å². The average Bonchev–Trinajstić information content (AvgIpc) is 3.12. The van der Waals surface area contributed by atoms with Gasteiger partial charge in [0.15, 0.2) is 0 Å². The number of thiophene rings is 1. The van der Waals surface area contributed by atoms with Crippen LogP contribution in [0.4, 0.5) is 0 Å². The van der Waals surface area contributed by atoms with Gasteiger partial charge < -0.3 is 0 Å². The average molecular weight is 338 g/mol. The fourth-order valence-corrected chi connectivity index (χ4v) is 3.96. The Kier molecular flexibility index (Phi) is 4.58. The van der Waals surface area contributed by atoms with Gasteiger partial charge in [-0.3, -0.25) is 0 Å². The van der Waals surface area contributed by atoms with Gasteiger partial charge in [-0.1, -0.05) is 97.1 Å². The minimum Gasteiger partial charge on any atom is -0.143 e. The van der Waals surface area contributed by atoms with E-state index in [9.17, 15) is 0 Å². The molecule has 4 aromatic rings. The Morgan fingerprint density at radius 1 is 0.560 bits per heavy atom. The molecule has 1 aromatic heterocycles. The predicted octanol–water partition coefficient (Wildman–Crippen LogP) is 7.25. The Hall–Kier alpha value is -2.90. The molecule has 0 fully saturated rings. The Labute approximate surface area is 152 Å². The van der Waals surface area contributed by atoms with Crippen molar-refractivity contribution in [3.05, 3.63) is 107 Å². The fourth-order valence-electron chi connectivity index (χ4n) is 2.96. The first-order valence-electron chi connectivity index (χ1n) is 8.37. The van der Waals surface area contributed by atoms with Crippen molar-refractivity contribution in [1.82, 2.24) is 0 Å². The SMILES string of the molecule is C(=Cc1scc(-c2ccccc2)c1-c1ccccc1)c1ccccc1. The predicted molar refractivity (Wildman–Crippen MR) is 111 cm³/mol. The highest BCUT2D eigenvalue weighted by Crippen LogP contribution is 2.40. The number of hydrogen-bond acceptors (Lipinski definition) is 1. The van der Waals surface area contributed by atoms with Crippen molar-refractivity contribution in [2.75, 3.05) is 0 Å². The maximum Gasteiger partial charge on any atom is 0.0355 e. The van der Waals surface area contributed by atoms with E-state index in [4.69, 9.17) is 0 Å². The van der Waals surface area contributed by atoms with Crippen LogP contribution in [0.15, 0.2) is 96.4 Å². The van der Waals surface area contributed by atoms with E-state index in [0.717, 1.165) is 0 Å². The number of benzene rings is 3. The highest BCUT2D eigenvalue weighted by Gasteiger charge is 2.13. The molecule has 0 aliphatic rings. The van der Waals surface area contributed by atoms with E-state index in [1.54, 1.807) is 11.3 Å². The van der Waals surface area contributed by atoms with Crippen LogP contribution in [0.3, 0.4) is 0 Å². The smallest absolute Gasteiger partial charge is 0.0355 e. The van der Waals surface area contributed by atoms with E-state index in [1.165, 1.54) is 32.7 Å². The van der Waals surface area contributed by atoms with Gasteiger partial charge in [-0.15, -0.1) is 11.3 Å². The molecule has 0 unspecified atom stereocenters. The summed E-state index contributed by atoms with van der Waals surface area (Å²) >= 11 is 1.80. The molecule has 0 aliphatic carbocycles. The highest BCUT2D eigenvalue weighted by atomic mass is 32.1. The molecule has 0 N–H and O–H groups in total. The van der Waals surface area contributed by atoms with Crippen LogP contribution in [-0.2, 0) is 0 Å². The Morgan fingerprint density at radius 3 is 1.76 bits per heavy atom. The number of rotatable bonds is 4. The van der Waals surface area contributed by atoms with Gasteiger partial charge in [0.1, 0.15) is 0 Å². The Morgan fingerprint density at radius 2 is 1.12 bits per heavy atom. The molecule has 0 bridgehead atoms. The minimum atomic E-state index is 1.22. The summed E-state index contributed by atoms with van der Waals surface area (Å²) in [7, 11) is 0. The Balaban J connectivity index is 1.82. The van der Waals surface area contributed by atoms with Crippen molar-refractivity contribution in [2.45, 2.75) is 0 Å². The second kappa shape index (κ2) is 7.33. The summed E-state index contributed by atoms with van der Waals surface area (Å²) in [5.74, 6) is 0. The second-order valence-electron chi connectivity index (χ2n) is 5.86. The molecular weight excluding hydrogens is 320 g/mol. The van der Waals surface area contributed by atoms with Gasteiger partial charge in [-0.05, 0) is 28.1 Å². The summed E-state index contributed by atoms with van der Waals surface area (Å²) in [5, 5.41) is 2.27. The van der Waals surface area contributed by atoms with Crippen molar-refractivity contribution >= 4 is 23.5 Å². The lowest BCUT2D eigenvalue weighted by Gasteiger charge is -2.07. The third kappa shape index (κ3) is 3.47. The summed E-state index contributed by atoms with van der Waals surface area (Å²) in [6.07, 6.45) is 4.42. The van der Waals surface area contributed by atoms with Crippen molar-refractivity contribution in [3.8, 4) is 22.3 Å². The molecule has 25 heavy (non-hydrogen) atoms. The van der Waals surface area contributed by atoms with Crippen LogP contribution in [-0.4, -0.2) is 0 Å². The normalized spacial score (nSPS) is 11.0. The zero-order valence-corrected chi connectivity index (χ0v) is 14.6. The van der Waals surface area contributed by atoms with E-state index in [0.29, 0.717) is 0 Å². The summed E-state index contributed by atoms with van der Waals surface area (Å²) in [6, 6.07) is 31.7. The summed E-state index contributed by atoms with van der Waals surface area (Å²) in [5.41, 5.74) is 6.34. The molecule has 0 radical (unpaired) electrons. The first-order valence-corrected chi connectivity index (χ1v) is 9.25. The molecule has 0 saturated heterocycles. The monoisotopic (exact) mass is 338 g/mol. The zero-order chi connectivity index (χ0) is 16.9. The molecule has 4 rings (SSSR count). The zero-order valence-electron chi connectivity index (χ0n) is 13.8. The summed E-state index contributed by atoms with van der Waals surface area (Å²) in [4.78, 5) is 1.29. The molecule has 0 aliphatic heterocycles. The molecular formula is C24H18S. The van der Waals surface area contributed by atoms with Crippen LogP contribution in [0, 0.1) is 0 Å². The highest BCUT2D eigenvalue weighted by molar-refractivity contribution is 7.12. The lowest BCUT2D eigenvalue weighted by atomic mass is 9.96.